The van der Waals surface area contributed by atoms with E-state index < -0.39 is 5.54 Å². The number of nitriles is 1. The Kier molecular flexibility index (Phi) is 9.91. The fourth-order valence-electron chi connectivity index (χ4n) is 2.40. The molecule has 3 heteroatoms. The summed E-state index contributed by atoms with van der Waals surface area (Å²) in [5, 5.41) is 12.6. The largest absolute Gasteiger partial charge is 0.378 e. The van der Waals surface area contributed by atoms with E-state index in [1.54, 1.807) is 0 Å². The van der Waals surface area contributed by atoms with Crippen LogP contribution >= 0.6 is 0 Å². The van der Waals surface area contributed by atoms with E-state index >= 15 is 0 Å². The van der Waals surface area contributed by atoms with Crippen molar-refractivity contribution in [2.45, 2.75) is 90.8 Å². The summed E-state index contributed by atoms with van der Waals surface area (Å²) in [6.45, 7) is 11.2. The topological polar surface area (TPSA) is 45.0 Å². The molecule has 2 atom stereocenters. The van der Waals surface area contributed by atoms with Crippen LogP contribution in [0.25, 0.3) is 0 Å². The molecule has 2 unspecified atom stereocenters. The molecule has 0 bridgehead atoms. The normalized spacial score (nSPS) is 16.1. The van der Waals surface area contributed by atoms with Gasteiger partial charge in [0.25, 0.3) is 0 Å². The summed E-state index contributed by atoms with van der Waals surface area (Å²) in [7, 11) is 0. The second kappa shape index (κ2) is 10.2. The SMILES string of the molecule is CCCCCCCOC(C)CC(C)(C#N)NC(C)C. The van der Waals surface area contributed by atoms with Gasteiger partial charge >= 0.3 is 0 Å². The summed E-state index contributed by atoms with van der Waals surface area (Å²) in [4.78, 5) is 0. The second-order valence-corrected chi connectivity index (χ2v) is 6.04. The van der Waals surface area contributed by atoms with Crippen molar-refractivity contribution in [3.63, 3.8) is 0 Å². The van der Waals surface area contributed by atoms with E-state index in [1.807, 2.05) is 6.92 Å². The first-order valence-corrected chi connectivity index (χ1v) is 7.74. The molecule has 0 radical (unpaired) electrons. The molecule has 0 aliphatic carbocycles. The van der Waals surface area contributed by atoms with E-state index in [1.165, 1.54) is 25.7 Å². The van der Waals surface area contributed by atoms with Crippen molar-refractivity contribution in [3.05, 3.63) is 0 Å². The molecule has 0 aromatic carbocycles. The van der Waals surface area contributed by atoms with Crippen LogP contribution in [0.2, 0.25) is 0 Å². The smallest absolute Gasteiger partial charge is 0.106 e. The van der Waals surface area contributed by atoms with Crippen LogP contribution in [0.1, 0.15) is 73.1 Å². The van der Waals surface area contributed by atoms with Gasteiger partial charge < -0.3 is 4.74 Å². The van der Waals surface area contributed by atoms with Crippen molar-refractivity contribution >= 4 is 0 Å². The van der Waals surface area contributed by atoms with E-state index in [4.69, 9.17) is 4.74 Å². The van der Waals surface area contributed by atoms with Gasteiger partial charge in [-0.1, -0.05) is 32.6 Å². The van der Waals surface area contributed by atoms with Crippen LogP contribution in [0.3, 0.4) is 0 Å². The van der Waals surface area contributed by atoms with Crippen LogP contribution in [0.15, 0.2) is 0 Å². The van der Waals surface area contributed by atoms with Crippen LogP contribution in [0.4, 0.5) is 0 Å². The standard InChI is InChI=1S/C16H32N2O/c1-6-7-8-9-10-11-19-15(4)12-16(5,13-17)18-14(2)3/h14-15,18H,6-12H2,1-5H3. The molecule has 19 heavy (non-hydrogen) atoms. The Morgan fingerprint density at radius 3 is 2.32 bits per heavy atom. The molecule has 0 saturated carbocycles. The van der Waals surface area contributed by atoms with Gasteiger partial charge in [0.2, 0.25) is 0 Å². The fraction of sp³-hybridized carbons (Fsp3) is 0.938. The first-order chi connectivity index (χ1) is 8.93. The zero-order chi connectivity index (χ0) is 14.7. The number of hydrogen-bond acceptors (Lipinski definition) is 3. The number of nitrogens with one attached hydrogen (secondary N) is 1. The predicted molar refractivity (Wildman–Crippen MR) is 81.1 cm³/mol. The summed E-state index contributed by atoms with van der Waals surface area (Å²) in [5.74, 6) is 0. The molecule has 0 fully saturated rings. The molecule has 3 nitrogen and oxygen atoms in total. The maximum atomic E-state index is 9.28. The Balaban J connectivity index is 3.83. The zero-order valence-electron chi connectivity index (χ0n) is 13.5. The van der Waals surface area contributed by atoms with Gasteiger partial charge in [0.15, 0.2) is 0 Å². The summed E-state index contributed by atoms with van der Waals surface area (Å²) in [6.07, 6.45) is 7.14. The molecule has 0 aromatic heterocycles. The van der Waals surface area contributed by atoms with Gasteiger partial charge in [-0.2, -0.15) is 5.26 Å². The maximum Gasteiger partial charge on any atom is 0.106 e. The van der Waals surface area contributed by atoms with Crippen molar-refractivity contribution in [2.75, 3.05) is 6.61 Å². The summed E-state index contributed by atoms with van der Waals surface area (Å²) < 4.78 is 5.81. The Bertz CT molecular complexity index is 260. The third-order valence-electron chi connectivity index (χ3n) is 3.20. The minimum atomic E-state index is -0.490. The lowest BCUT2D eigenvalue weighted by Gasteiger charge is -2.28. The van der Waals surface area contributed by atoms with Crippen LogP contribution in [0, 0.1) is 11.3 Å². The maximum absolute atomic E-state index is 9.28. The van der Waals surface area contributed by atoms with Gasteiger partial charge in [0.05, 0.1) is 12.2 Å². The summed E-state index contributed by atoms with van der Waals surface area (Å²) in [6, 6.07) is 2.68. The average molecular weight is 268 g/mol. The van der Waals surface area contributed by atoms with Crippen molar-refractivity contribution in [1.82, 2.24) is 5.32 Å². The lowest BCUT2D eigenvalue weighted by atomic mass is 9.95. The van der Waals surface area contributed by atoms with Crippen molar-refractivity contribution in [2.24, 2.45) is 0 Å². The van der Waals surface area contributed by atoms with Crippen molar-refractivity contribution < 1.29 is 4.74 Å². The lowest BCUT2D eigenvalue weighted by Crippen LogP contribution is -2.47. The van der Waals surface area contributed by atoms with Crippen LogP contribution in [-0.4, -0.2) is 24.3 Å². The molecule has 0 heterocycles. The minimum Gasteiger partial charge on any atom is -0.378 e. The molecule has 1 N–H and O–H groups in total. The molecular weight excluding hydrogens is 236 g/mol. The van der Waals surface area contributed by atoms with Gasteiger partial charge in [-0.15, -0.1) is 0 Å². The van der Waals surface area contributed by atoms with E-state index in [-0.39, 0.29) is 6.10 Å². The molecule has 0 aliphatic rings. The van der Waals surface area contributed by atoms with Crippen molar-refractivity contribution in [1.29, 1.82) is 5.26 Å². The first kappa shape index (κ1) is 18.4. The highest BCUT2D eigenvalue weighted by atomic mass is 16.5. The summed E-state index contributed by atoms with van der Waals surface area (Å²) in [5.41, 5.74) is -0.490. The van der Waals surface area contributed by atoms with Crippen LogP contribution in [-0.2, 0) is 4.74 Å². The Morgan fingerprint density at radius 2 is 1.79 bits per heavy atom. The third kappa shape index (κ3) is 9.92. The van der Waals surface area contributed by atoms with Gasteiger partial charge in [-0.3, -0.25) is 5.32 Å². The van der Waals surface area contributed by atoms with Crippen molar-refractivity contribution in [3.8, 4) is 6.07 Å². The zero-order valence-corrected chi connectivity index (χ0v) is 13.5. The van der Waals surface area contributed by atoms with E-state index in [0.29, 0.717) is 6.04 Å². The second-order valence-electron chi connectivity index (χ2n) is 6.04. The molecule has 0 spiro atoms. The quantitative estimate of drug-likeness (QED) is 0.575. The Morgan fingerprint density at radius 1 is 1.16 bits per heavy atom. The number of hydrogen-bond donors (Lipinski definition) is 1. The molecule has 0 amide bonds. The van der Waals surface area contributed by atoms with Gasteiger partial charge in [-0.25, -0.2) is 0 Å². The van der Waals surface area contributed by atoms with Gasteiger partial charge in [-0.05, 0) is 34.1 Å². The van der Waals surface area contributed by atoms with E-state index in [9.17, 15) is 5.26 Å². The molecular formula is C16H32N2O. The minimum absolute atomic E-state index is 0.127. The average Bonchev–Trinajstić information content (AvgIpc) is 2.32. The molecule has 0 rings (SSSR count). The monoisotopic (exact) mass is 268 g/mol. The molecule has 0 aromatic rings. The number of nitrogens with zero attached hydrogens (tertiary/aromatic N) is 1. The highest BCUT2D eigenvalue weighted by Crippen LogP contribution is 2.15. The molecule has 0 aliphatic heterocycles. The van der Waals surface area contributed by atoms with Crippen LogP contribution in [0.5, 0.6) is 0 Å². The highest BCUT2D eigenvalue weighted by Gasteiger charge is 2.27. The van der Waals surface area contributed by atoms with E-state index in [0.717, 1.165) is 19.4 Å². The predicted octanol–water partition coefficient (Wildman–Crippen LogP) is 4.03. The number of rotatable bonds is 11. The number of unbranched alkanes of at least 4 members (excludes halogenated alkanes) is 4. The molecule has 112 valence electrons. The first-order valence-electron chi connectivity index (χ1n) is 7.74. The summed E-state index contributed by atoms with van der Waals surface area (Å²) >= 11 is 0. The van der Waals surface area contributed by atoms with Gasteiger partial charge in [0.1, 0.15) is 5.54 Å². The Hall–Kier alpha value is -0.590. The molecule has 0 saturated heterocycles. The Labute approximate surface area is 119 Å². The highest BCUT2D eigenvalue weighted by molar-refractivity contribution is 5.05. The van der Waals surface area contributed by atoms with E-state index in [2.05, 4.69) is 39.1 Å². The third-order valence-corrected chi connectivity index (χ3v) is 3.20. The van der Waals surface area contributed by atoms with Crippen LogP contribution < -0.4 is 5.32 Å². The lowest BCUT2D eigenvalue weighted by molar-refractivity contribution is 0.0442. The number of ether oxygens (including phenoxy) is 1. The fourth-order valence-corrected chi connectivity index (χ4v) is 2.40. The van der Waals surface area contributed by atoms with Gasteiger partial charge in [0, 0.05) is 19.1 Å².